The molecule has 1 fully saturated rings. The van der Waals surface area contributed by atoms with Crippen LogP contribution in [0.5, 0.6) is 0 Å². The van der Waals surface area contributed by atoms with Crippen molar-refractivity contribution >= 4 is 76.6 Å². The second-order valence-electron chi connectivity index (χ2n) is 28.0. The van der Waals surface area contributed by atoms with Gasteiger partial charge in [0.05, 0.1) is 55.6 Å². The van der Waals surface area contributed by atoms with E-state index in [0.717, 1.165) is 42.7 Å². The molecule has 1 aromatic carbocycles. The Morgan fingerprint density at radius 2 is 1.29 bits per heavy atom. The normalized spacial score (nSPS) is 23.3. The van der Waals surface area contributed by atoms with Crippen molar-refractivity contribution in [3.05, 3.63) is 34.3 Å². The second kappa shape index (κ2) is 38.5. The van der Waals surface area contributed by atoms with Crippen LogP contribution in [0.25, 0.3) is 0 Å². The Morgan fingerprint density at radius 1 is 0.688 bits per heavy atom. The molecule has 0 aliphatic carbocycles. The number of benzene rings is 1. The minimum atomic E-state index is -4.80. The molecule has 25 nitrogen and oxygen atoms in total. The molecular formula is C67H111ClF3N11O14. The van der Waals surface area contributed by atoms with E-state index in [1.807, 2.05) is 41.5 Å². The zero-order valence-corrected chi connectivity index (χ0v) is 61.0. The summed E-state index contributed by atoms with van der Waals surface area (Å²) in [6, 6.07) is -6.04. The molecule has 1 saturated heterocycles. The van der Waals surface area contributed by atoms with E-state index in [0.29, 0.717) is 25.7 Å². The van der Waals surface area contributed by atoms with Gasteiger partial charge in [-0.05, 0) is 108 Å². The van der Waals surface area contributed by atoms with Crippen molar-refractivity contribution in [2.75, 3.05) is 94.9 Å². The Balaban J connectivity index is 2.97. The van der Waals surface area contributed by atoms with Crippen LogP contribution in [0.1, 0.15) is 153 Å². The number of halogens is 4. The highest BCUT2D eigenvalue weighted by Crippen LogP contribution is 2.35. The van der Waals surface area contributed by atoms with Crippen molar-refractivity contribution in [3.8, 4) is 0 Å². The van der Waals surface area contributed by atoms with Gasteiger partial charge >= 0.3 is 6.18 Å². The summed E-state index contributed by atoms with van der Waals surface area (Å²) in [5, 5.41) is 21.0. The summed E-state index contributed by atoms with van der Waals surface area (Å²) in [6.45, 7) is 20.7. The summed E-state index contributed by atoms with van der Waals surface area (Å²) < 4.78 is 53.2. The van der Waals surface area contributed by atoms with Gasteiger partial charge in [0.25, 0.3) is 0 Å². The number of rotatable bonds is 20. The van der Waals surface area contributed by atoms with Crippen LogP contribution in [0, 0.1) is 23.7 Å². The lowest BCUT2D eigenvalue weighted by Gasteiger charge is -2.38. The largest absolute Gasteiger partial charge is 0.417 e. The van der Waals surface area contributed by atoms with E-state index in [9.17, 15) is 66.2 Å². The minimum absolute atomic E-state index is 0.0995. The Labute approximate surface area is 571 Å². The zero-order chi connectivity index (χ0) is 73.7. The topological polar surface area (TPSA) is 297 Å². The van der Waals surface area contributed by atoms with Gasteiger partial charge in [-0.2, -0.15) is 13.2 Å². The van der Waals surface area contributed by atoms with E-state index in [1.54, 1.807) is 27.7 Å². The van der Waals surface area contributed by atoms with E-state index in [4.69, 9.17) is 21.1 Å². The zero-order valence-electron chi connectivity index (χ0n) is 60.3. The summed E-state index contributed by atoms with van der Waals surface area (Å²) in [6.07, 6.45) is -3.38. The third-order valence-corrected chi connectivity index (χ3v) is 17.2. The molecule has 0 spiro atoms. The number of nitrogens with zero attached hydrogens (tertiary/aromatic N) is 7. The van der Waals surface area contributed by atoms with Crippen molar-refractivity contribution in [1.29, 1.82) is 0 Å². The van der Waals surface area contributed by atoms with Gasteiger partial charge in [0.2, 0.25) is 65.0 Å². The molecule has 0 radical (unpaired) electrons. The molecule has 1 aromatic rings. The number of aliphatic hydroxyl groups is 1. The highest BCUT2D eigenvalue weighted by Gasteiger charge is 2.43. The van der Waals surface area contributed by atoms with Gasteiger partial charge < -0.3 is 70.1 Å². The second-order valence-corrected chi connectivity index (χ2v) is 28.4. The first-order valence-corrected chi connectivity index (χ1v) is 33.5. The lowest BCUT2D eigenvalue weighted by atomic mass is 9.95. The summed E-state index contributed by atoms with van der Waals surface area (Å²) in [5.74, 6) is -9.27. The number of hydrogen-bond acceptors (Lipinski definition) is 14. The maximum atomic E-state index is 15.0. The van der Waals surface area contributed by atoms with Crippen molar-refractivity contribution in [2.24, 2.45) is 23.7 Å². The Kier molecular flexibility index (Phi) is 34.3. The third-order valence-electron chi connectivity index (χ3n) is 16.9. The molecule has 5 N–H and O–H groups in total. The van der Waals surface area contributed by atoms with Crippen molar-refractivity contribution in [1.82, 2.24) is 55.6 Å². The minimum Gasteiger partial charge on any atom is -0.388 e. The number of aryl methyl sites for hydroxylation is 1. The Morgan fingerprint density at radius 3 is 1.83 bits per heavy atom. The van der Waals surface area contributed by atoms with E-state index in [2.05, 4.69) is 21.3 Å². The molecule has 546 valence electrons. The first-order valence-electron chi connectivity index (χ1n) is 33.1. The van der Waals surface area contributed by atoms with E-state index < -0.39 is 173 Å². The number of amides is 11. The van der Waals surface area contributed by atoms with Crippen molar-refractivity contribution < 1.29 is 80.5 Å². The number of carbonyl (C=O) groups excluding carboxylic acids is 11. The lowest BCUT2D eigenvalue weighted by Crippen LogP contribution is -2.64. The highest BCUT2D eigenvalue weighted by molar-refractivity contribution is 6.31. The molecule has 96 heavy (non-hydrogen) atoms. The van der Waals surface area contributed by atoms with Gasteiger partial charge in [-0.1, -0.05) is 92.8 Å². The predicted octanol–water partition coefficient (Wildman–Crippen LogP) is 4.52. The third kappa shape index (κ3) is 26.6. The van der Waals surface area contributed by atoms with E-state index in [1.165, 1.54) is 79.8 Å². The summed E-state index contributed by atoms with van der Waals surface area (Å²) in [4.78, 5) is 168. The molecule has 1 heterocycles. The van der Waals surface area contributed by atoms with Crippen LogP contribution < -0.4 is 21.3 Å². The molecule has 0 bridgehead atoms. The van der Waals surface area contributed by atoms with Gasteiger partial charge in [-0.15, -0.1) is 0 Å². The molecule has 0 aromatic heterocycles. The lowest BCUT2D eigenvalue weighted by molar-refractivity contribution is -0.151. The Bertz CT molecular complexity index is 2820. The number of carbonyl (C=O) groups is 11. The maximum Gasteiger partial charge on any atom is 0.417 e. The SMILES string of the molecule is CCCCN1CC(=O)N(C)CC(=O)N(C)[C@@H](COCCC(C)C)C(=O)N(C)CC(=O)N[C@@H](CCc2ccc(C(F)(F)F)c(Cl)c2)C(=O)N(C)[C@@H](COCC(C)(C)O)C(=O)NC(C)(C)C(=O)N(C)[C@@H](C(C)C)C(=O)N[C@H](C)CC(=O)N(C)[C@@H](CC(C)C)C(=O)N[C@@H]([C@@H](C)CC)C1=O. The van der Waals surface area contributed by atoms with E-state index in [-0.39, 0.29) is 69.4 Å². The van der Waals surface area contributed by atoms with Gasteiger partial charge in [-0.3, -0.25) is 52.7 Å². The number of nitrogens with one attached hydrogen (secondary N) is 4. The maximum absolute atomic E-state index is 15.0. The summed E-state index contributed by atoms with van der Waals surface area (Å²) >= 11 is 6.10. The fourth-order valence-corrected chi connectivity index (χ4v) is 11.0. The van der Waals surface area contributed by atoms with Crippen LogP contribution in [0.3, 0.4) is 0 Å². The van der Waals surface area contributed by atoms with Crippen LogP contribution >= 0.6 is 11.6 Å². The Hall–Kier alpha value is -6.65. The highest BCUT2D eigenvalue weighted by atomic mass is 35.5. The standard InChI is InChI=1S/C67H111ClF3N11O14/c1-21-23-29-82-36-54(85)76(15)35-55(86)79(18)51(38-95-30-28-40(3)4)62(91)77(16)34-52(83)73-48(27-25-45-24-26-46(47(68)33-45)67(69,70)71)61(90)80(19)50(37-96-39-65(11,12)94)59(88)75-66(13,14)64(93)81(20)57(42(7)8)60(89)72-44(10)32-53(84)78(17)49(31-41(5)6)58(87)74-56(63(82)92)43(9)22-2/h24,26,33,40-44,48-51,56-57,94H,21-23,25,27-32,34-39H2,1-20H3,(H,72,89)(H,73,83)(H,74,87)(H,75,88)/t43-,44+,48-,49-,50-,51-,56-,57-/m0/s1. The average molecular weight is 1390 g/mol. The average Bonchev–Trinajstić information content (AvgIpc) is 1.06. The number of hydrogen-bond donors (Lipinski definition) is 5. The monoisotopic (exact) mass is 1390 g/mol. The van der Waals surface area contributed by atoms with Crippen LogP contribution in [0.2, 0.25) is 5.02 Å². The number of likely N-dealkylation sites (N-methyl/N-ethyl adjacent to an activating group) is 6. The van der Waals surface area contributed by atoms with E-state index >= 15 is 4.79 Å². The van der Waals surface area contributed by atoms with Crippen molar-refractivity contribution in [3.63, 3.8) is 0 Å². The first kappa shape index (κ1) is 85.4. The predicted molar refractivity (Wildman–Crippen MR) is 357 cm³/mol. The fraction of sp³-hybridized carbons (Fsp3) is 0.746. The van der Waals surface area contributed by atoms with Crippen LogP contribution in [-0.4, -0.2) is 253 Å². The van der Waals surface area contributed by atoms with Crippen LogP contribution in [0.15, 0.2) is 18.2 Å². The quantitative estimate of drug-likeness (QED) is 0.112. The first-order chi connectivity index (χ1) is 44.3. The fourth-order valence-electron chi connectivity index (χ4n) is 10.7. The molecule has 8 atom stereocenters. The van der Waals surface area contributed by atoms with Crippen LogP contribution in [0.4, 0.5) is 13.2 Å². The molecule has 0 saturated carbocycles. The summed E-state index contributed by atoms with van der Waals surface area (Å²) in [5.41, 5.74) is -4.21. The van der Waals surface area contributed by atoms with Crippen molar-refractivity contribution in [2.45, 2.75) is 208 Å². The van der Waals surface area contributed by atoms with Gasteiger partial charge in [-0.25, -0.2) is 0 Å². The number of alkyl halides is 3. The van der Waals surface area contributed by atoms with Gasteiger partial charge in [0.15, 0.2) is 0 Å². The molecule has 1 aliphatic heterocycles. The molecular weight excluding hydrogens is 1280 g/mol. The van der Waals surface area contributed by atoms with Gasteiger partial charge in [0, 0.05) is 67.9 Å². The smallest absolute Gasteiger partial charge is 0.388 e. The molecule has 2 rings (SSSR count). The molecule has 1 aliphatic rings. The molecule has 29 heteroatoms. The van der Waals surface area contributed by atoms with Crippen LogP contribution in [-0.2, 0) is 74.8 Å². The summed E-state index contributed by atoms with van der Waals surface area (Å²) in [7, 11) is 7.94. The molecule has 0 unspecified atom stereocenters. The number of ether oxygens (including phenoxy) is 2. The van der Waals surface area contributed by atoms with Gasteiger partial charge in [0.1, 0.15) is 41.8 Å². The molecule has 11 amide bonds. The number of unbranched alkanes of at least 4 members (excludes halogenated alkanes) is 1.